The van der Waals surface area contributed by atoms with Crippen LogP contribution in [0, 0.1) is 0 Å². The van der Waals surface area contributed by atoms with Crippen molar-refractivity contribution in [2.24, 2.45) is 0 Å². The number of furan rings is 1. The second-order valence-corrected chi connectivity index (χ2v) is 6.98. The van der Waals surface area contributed by atoms with Gasteiger partial charge in [0.2, 0.25) is 0 Å². The Morgan fingerprint density at radius 2 is 1.96 bits per heavy atom. The molecular formula is C20H24N2O3. The van der Waals surface area contributed by atoms with E-state index in [0.717, 1.165) is 25.1 Å². The summed E-state index contributed by atoms with van der Waals surface area (Å²) in [4.78, 5) is 15.2. The third-order valence-corrected chi connectivity index (χ3v) is 5.49. The number of piperidine rings is 1. The van der Waals surface area contributed by atoms with Gasteiger partial charge in [0.05, 0.1) is 25.5 Å². The predicted octanol–water partition coefficient (Wildman–Crippen LogP) is 3.21. The number of fused-ring (bicyclic) bond motifs is 2. The Balaban J connectivity index is 1.40. The number of nitrogens with zero attached hydrogens (tertiary/aromatic N) is 1. The van der Waals surface area contributed by atoms with Crippen LogP contribution in [0.3, 0.4) is 0 Å². The lowest BCUT2D eigenvalue weighted by atomic mass is 9.96. The van der Waals surface area contributed by atoms with Crippen LogP contribution in [0.5, 0.6) is 5.75 Å². The van der Waals surface area contributed by atoms with Crippen LogP contribution in [0.1, 0.15) is 41.8 Å². The van der Waals surface area contributed by atoms with Crippen molar-refractivity contribution in [2.75, 3.05) is 7.11 Å². The Morgan fingerprint density at radius 1 is 1.20 bits per heavy atom. The van der Waals surface area contributed by atoms with Gasteiger partial charge >= 0.3 is 0 Å². The summed E-state index contributed by atoms with van der Waals surface area (Å²) in [6, 6.07) is 12.6. The highest BCUT2D eigenvalue weighted by atomic mass is 16.5. The van der Waals surface area contributed by atoms with Crippen molar-refractivity contribution in [1.29, 1.82) is 0 Å². The number of amides is 1. The molecule has 0 spiro atoms. The maximum absolute atomic E-state index is 12.6. The summed E-state index contributed by atoms with van der Waals surface area (Å²) >= 11 is 0. The zero-order chi connectivity index (χ0) is 17.2. The van der Waals surface area contributed by atoms with Gasteiger partial charge in [0.25, 0.3) is 5.91 Å². The molecule has 1 aromatic carbocycles. The second-order valence-electron chi connectivity index (χ2n) is 6.98. The van der Waals surface area contributed by atoms with E-state index in [1.165, 1.54) is 12.8 Å². The minimum atomic E-state index is -0.0404. The van der Waals surface area contributed by atoms with Crippen LogP contribution in [0.2, 0.25) is 0 Å². The molecule has 2 saturated heterocycles. The van der Waals surface area contributed by atoms with Gasteiger partial charge in [-0.15, -0.1) is 0 Å². The van der Waals surface area contributed by atoms with Crippen LogP contribution in [-0.2, 0) is 6.54 Å². The molecule has 25 heavy (non-hydrogen) atoms. The highest BCUT2D eigenvalue weighted by molar-refractivity contribution is 5.97. The molecule has 2 aliphatic rings. The van der Waals surface area contributed by atoms with Gasteiger partial charge in [-0.2, -0.15) is 0 Å². The van der Waals surface area contributed by atoms with E-state index in [4.69, 9.17) is 9.15 Å². The Morgan fingerprint density at radius 3 is 2.64 bits per heavy atom. The molecule has 0 aliphatic carbocycles. The standard InChI is InChI=1S/C20H24N2O3/c1-24-19-7-3-2-6-18(19)20(23)21-14-11-15-8-9-16(12-14)22(15)13-17-5-4-10-25-17/h2-7,10,14-16H,8-9,11-13H2,1H3,(H,21,23)/t14?,15-,16+. The van der Waals surface area contributed by atoms with E-state index in [9.17, 15) is 4.79 Å². The van der Waals surface area contributed by atoms with Crippen molar-refractivity contribution in [3.05, 3.63) is 54.0 Å². The number of methoxy groups -OCH3 is 1. The Kier molecular flexibility index (Phi) is 4.49. The number of para-hydroxylation sites is 1. The first-order chi connectivity index (χ1) is 12.2. The van der Waals surface area contributed by atoms with Crippen molar-refractivity contribution in [2.45, 2.75) is 50.4 Å². The molecule has 0 saturated carbocycles. The molecule has 2 fully saturated rings. The summed E-state index contributed by atoms with van der Waals surface area (Å²) in [5.74, 6) is 1.60. The summed E-state index contributed by atoms with van der Waals surface area (Å²) in [5, 5.41) is 3.22. The monoisotopic (exact) mass is 340 g/mol. The molecule has 1 unspecified atom stereocenters. The number of rotatable bonds is 5. The Bertz CT molecular complexity index is 714. The lowest BCUT2D eigenvalue weighted by molar-refractivity contribution is 0.0803. The summed E-state index contributed by atoms with van der Waals surface area (Å²) in [6.45, 7) is 0.871. The molecule has 0 radical (unpaired) electrons. The van der Waals surface area contributed by atoms with E-state index < -0.39 is 0 Å². The van der Waals surface area contributed by atoms with E-state index in [2.05, 4.69) is 10.2 Å². The fraction of sp³-hybridized carbons (Fsp3) is 0.450. The van der Waals surface area contributed by atoms with E-state index in [-0.39, 0.29) is 11.9 Å². The molecule has 1 amide bonds. The largest absolute Gasteiger partial charge is 0.496 e. The molecule has 132 valence electrons. The van der Waals surface area contributed by atoms with Gasteiger partial charge < -0.3 is 14.5 Å². The average Bonchev–Trinajstić information content (AvgIpc) is 3.22. The number of ether oxygens (including phenoxy) is 1. The number of hydrogen-bond donors (Lipinski definition) is 1. The fourth-order valence-electron chi connectivity index (χ4n) is 4.33. The zero-order valence-electron chi connectivity index (χ0n) is 14.5. The minimum Gasteiger partial charge on any atom is -0.496 e. The number of carbonyl (C=O) groups excluding carboxylic acids is 1. The molecule has 3 atom stereocenters. The number of benzene rings is 1. The summed E-state index contributed by atoms with van der Waals surface area (Å²) in [6.07, 6.45) is 6.13. The summed E-state index contributed by atoms with van der Waals surface area (Å²) < 4.78 is 10.8. The molecule has 5 nitrogen and oxygen atoms in total. The summed E-state index contributed by atoms with van der Waals surface area (Å²) in [5.41, 5.74) is 0.607. The molecule has 2 bridgehead atoms. The molecule has 4 rings (SSSR count). The van der Waals surface area contributed by atoms with Gasteiger partial charge in [-0.05, 0) is 49.9 Å². The third-order valence-electron chi connectivity index (χ3n) is 5.49. The molecule has 1 aromatic heterocycles. The van der Waals surface area contributed by atoms with E-state index in [1.807, 2.05) is 36.4 Å². The second kappa shape index (κ2) is 6.92. The highest BCUT2D eigenvalue weighted by Gasteiger charge is 2.41. The molecule has 3 heterocycles. The highest BCUT2D eigenvalue weighted by Crippen LogP contribution is 2.37. The van der Waals surface area contributed by atoms with Gasteiger partial charge in [-0.25, -0.2) is 0 Å². The number of hydrogen-bond acceptors (Lipinski definition) is 4. The van der Waals surface area contributed by atoms with Crippen LogP contribution >= 0.6 is 0 Å². The molecular weight excluding hydrogens is 316 g/mol. The molecule has 2 aliphatic heterocycles. The predicted molar refractivity (Wildman–Crippen MR) is 94.5 cm³/mol. The first-order valence-electron chi connectivity index (χ1n) is 8.96. The van der Waals surface area contributed by atoms with Crippen molar-refractivity contribution < 1.29 is 13.9 Å². The minimum absolute atomic E-state index is 0.0404. The fourth-order valence-corrected chi connectivity index (χ4v) is 4.33. The van der Waals surface area contributed by atoms with Gasteiger partial charge in [-0.3, -0.25) is 9.69 Å². The average molecular weight is 340 g/mol. The van der Waals surface area contributed by atoms with E-state index in [0.29, 0.717) is 23.4 Å². The van der Waals surface area contributed by atoms with Crippen molar-refractivity contribution >= 4 is 5.91 Å². The van der Waals surface area contributed by atoms with E-state index >= 15 is 0 Å². The summed E-state index contributed by atoms with van der Waals surface area (Å²) in [7, 11) is 1.60. The SMILES string of the molecule is COc1ccccc1C(=O)NC1C[C@H]2CC[C@@H](C1)N2Cc1ccco1. The first-order valence-corrected chi connectivity index (χ1v) is 8.96. The normalized spacial score (nSPS) is 25.7. The van der Waals surface area contributed by atoms with Gasteiger partial charge in [0.1, 0.15) is 11.5 Å². The Labute approximate surface area is 148 Å². The molecule has 5 heteroatoms. The molecule has 1 N–H and O–H groups in total. The van der Waals surface area contributed by atoms with Crippen LogP contribution in [-0.4, -0.2) is 36.0 Å². The van der Waals surface area contributed by atoms with Crippen LogP contribution in [0.15, 0.2) is 47.1 Å². The van der Waals surface area contributed by atoms with Crippen molar-refractivity contribution in [1.82, 2.24) is 10.2 Å². The lowest BCUT2D eigenvalue weighted by Crippen LogP contribution is -2.49. The maximum atomic E-state index is 12.6. The van der Waals surface area contributed by atoms with Crippen LogP contribution in [0.4, 0.5) is 0 Å². The topological polar surface area (TPSA) is 54.7 Å². The van der Waals surface area contributed by atoms with Crippen LogP contribution < -0.4 is 10.1 Å². The van der Waals surface area contributed by atoms with E-state index in [1.54, 1.807) is 13.4 Å². The first kappa shape index (κ1) is 16.2. The number of carbonyl (C=O) groups is 1. The van der Waals surface area contributed by atoms with Gasteiger partial charge in [-0.1, -0.05) is 12.1 Å². The third kappa shape index (κ3) is 3.29. The van der Waals surface area contributed by atoms with Gasteiger partial charge in [0, 0.05) is 18.1 Å². The van der Waals surface area contributed by atoms with Crippen molar-refractivity contribution in [3.8, 4) is 5.75 Å². The molecule has 2 aromatic rings. The van der Waals surface area contributed by atoms with Crippen molar-refractivity contribution in [3.63, 3.8) is 0 Å². The van der Waals surface area contributed by atoms with Gasteiger partial charge in [0.15, 0.2) is 0 Å². The van der Waals surface area contributed by atoms with Crippen LogP contribution in [0.25, 0.3) is 0 Å². The zero-order valence-corrected chi connectivity index (χ0v) is 14.5. The quantitative estimate of drug-likeness (QED) is 0.908. The maximum Gasteiger partial charge on any atom is 0.255 e. The number of nitrogens with one attached hydrogen (secondary N) is 1. The smallest absolute Gasteiger partial charge is 0.255 e. The lowest BCUT2D eigenvalue weighted by Gasteiger charge is -2.38. The Hall–Kier alpha value is -2.27.